The number of nitrogens with two attached hydrogens (primary N) is 1. The van der Waals surface area contributed by atoms with Crippen molar-refractivity contribution in [2.24, 2.45) is 11.7 Å². The van der Waals surface area contributed by atoms with Gasteiger partial charge in [-0.3, -0.25) is 14.4 Å². The molecule has 1 heterocycles. The van der Waals surface area contributed by atoms with E-state index in [-0.39, 0.29) is 29.8 Å². The number of hydrogen-bond acceptors (Lipinski definition) is 3. The smallest absolute Gasteiger partial charge is 0.250 e. The minimum Gasteiger partial charge on any atom is -0.366 e. The molecule has 1 aliphatic heterocycles. The van der Waals surface area contributed by atoms with Crippen molar-refractivity contribution in [2.45, 2.75) is 26.3 Å². The third-order valence-electron chi connectivity index (χ3n) is 3.60. The fourth-order valence-electron chi connectivity index (χ4n) is 2.45. The minimum atomic E-state index is -0.600. The van der Waals surface area contributed by atoms with Crippen molar-refractivity contribution < 1.29 is 14.4 Å². The van der Waals surface area contributed by atoms with Crippen LogP contribution in [-0.2, 0) is 9.59 Å². The fraction of sp³-hybridized carbons (Fsp3) is 0.400. The highest BCUT2D eigenvalue weighted by atomic mass is 16.2. The number of likely N-dealkylation sites (tertiary alicyclic amines) is 1. The van der Waals surface area contributed by atoms with Gasteiger partial charge in [-0.15, -0.1) is 0 Å². The predicted molar refractivity (Wildman–Crippen MR) is 78.5 cm³/mol. The lowest BCUT2D eigenvalue weighted by atomic mass is 10.1. The van der Waals surface area contributed by atoms with Crippen LogP contribution in [0.25, 0.3) is 0 Å². The topological polar surface area (TPSA) is 92.5 Å². The molecule has 3 amide bonds. The van der Waals surface area contributed by atoms with Crippen LogP contribution < -0.4 is 11.1 Å². The zero-order valence-corrected chi connectivity index (χ0v) is 12.1. The van der Waals surface area contributed by atoms with E-state index in [2.05, 4.69) is 5.32 Å². The lowest BCUT2D eigenvalue weighted by Gasteiger charge is -2.20. The number of benzene rings is 1. The van der Waals surface area contributed by atoms with Gasteiger partial charge >= 0.3 is 0 Å². The number of nitrogens with one attached hydrogen (secondary N) is 1. The van der Waals surface area contributed by atoms with E-state index in [4.69, 9.17) is 5.73 Å². The minimum absolute atomic E-state index is 0.0201. The maximum Gasteiger partial charge on any atom is 0.250 e. The van der Waals surface area contributed by atoms with E-state index in [0.717, 1.165) is 0 Å². The highest BCUT2D eigenvalue weighted by Crippen LogP contribution is 2.23. The van der Waals surface area contributed by atoms with Crippen LogP contribution in [0.4, 0.5) is 5.69 Å². The molecular formula is C15H19N3O3. The summed E-state index contributed by atoms with van der Waals surface area (Å²) in [6, 6.07) is 6.64. The Kier molecular flexibility index (Phi) is 4.26. The summed E-state index contributed by atoms with van der Waals surface area (Å²) in [6.45, 7) is 4.24. The molecule has 6 nitrogen and oxygen atoms in total. The van der Waals surface area contributed by atoms with Gasteiger partial charge in [-0.2, -0.15) is 0 Å². The van der Waals surface area contributed by atoms with Gasteiger partial charge in [0.2, 0.25) is 11.8 Å². The average molecular weight is 289 g/mol. The normalized spacial score (nSPS) is 18.1. The molecule has 1 aromatic rings. The van der Waals surface area contributed by atoms with Crippen molar-refractivity contribution in [1.82, 2.24) is 4.90 Å². The van der Waals surface area contributed by atoms with Crippen LogP contribution >= 0.6 is 0 Å². The number of hydrogen-bond donors (Lipinski definition) is 2. The zero-order chi connectivity index (χ0) is 15.6. The quantitative estimate of drug-likeness (QED) is 0.865. The maximum atomic E-state index is 12.3. The highest BCUT2D eigenvalue weighted by Gasteiger charge is 2.35. The molecule has 0 bridgehead atoms. The van der Waals surface area contributed by atoms with Gasteiger partial charge in [0, 0.05) is 19.0 Å². The number of rotatable bonds is 4. The standard InChI is InChI=1S/C15H19N3O3/c1-9(2)18-8-10(7-13(18)19)15(21)17-12-6-4-3-5-11(12)14(16)20/h3-6,9-10H,7-8H2,1-2H3,(H2,16,20)(H,17,21)/t10-/m0/s1. The Labute approximate surface area is 123 Å². The number of amides is 3. The van der Waals surface area contributed by atoms with Crippen molar-refractivity contribution in [3.8, 4) is 0 Å². The number of anilines is 1. The van der Waals surface area contributed by atoms with Crippen LogP contribution in [0.1, 0.15) is 30.6 Å². The number of para-hydroxylation sites is 1. The Morgan fingerprint density at radius 1 is 1.33 bits per heavy atom. The summed E-state index contributed by atoms with van der Waals surface area (Å²) in [5, 5.41) is 2.70. The van der Waals surface area contributed by atoms with E-state index in [1.165, 1.54) is 0 Å². The molecule has 0 aliphatic carbocycles. The molecule has 1 aromatic carbocycles. The Morgan fingerprint density at radius 2 is 2.00 bits per heavy atom. The molecule has 3 N–H and O–H groups in total. The van der Waals surface area contributed by atoms with Crippen molar-refractivity contribution in [3.63, 3.8) is 0 Å². The maximum absolute atomic E-state index is 12.3. The first kappa shape index (κ1) is 15.0. The van der Waals surface area contributed by atoms with E-state index in [0.29, 0.717) is 12.2 Å². The monoisotopic (exact) mass is 289 g/mol. The van der Waals surface area contributed by atoms with Crippen molar-refractivity contribution in [3.05, 3.63) is 29.8 Å². The molecule has 0 saturated carbocycles. The van der Waals surface area contributed by atoms with Crippen LogP contribution in [0.15, 0.2) is 24.3 Å². The SMILES string of the molecule is CC(C)N1C[C@@H](C(=O)Nc2ccccc2C(N)=O)CC1=O. The van der Waals surface area contributed by atoms with Crippen LogP contribution in [0.3, 0.4) is 0 Å². The second-order valence-corrected chi connectivity index (χ2v) is 5.44. The van der Waals surface area contributed by atoms with Gasteiger partial charge in [0.1, 0.15) is 0 Å². The van der Waals surface area contributed by atoms with Crippen LogP contribution in [0.5, 0.6) is 0 Å². The van der Waals surface area contributed by atoms with E-state index < -0.39 is 11.8 Å². The number of carbonyl (C=O) groups excluding carboxylic acids is 3. The molecule has 21 heavy (non-hydrogen) atoms. The summed E-state index contributed by atoms with van der Waals surface area (Å²) < 4.78 is 0. The molecule has 1 saturated heterocycles. The molecule has 1 atom stereocenters. The van der Waals surface area contributed by atoms with E-state index >= 15 is 0 Å². The van der Waals surface area contributed by atoms with E-state index in [9.17, 15) is 14.4 Å². The Morgan fingerprint density at radius 3 is 2.57 bits per heavy atom. The molecule has 1 fully saturated rings. The van der Waals surface area contributed by atoms with Gasteiger partial charge in [-0.1, -0.05) is 12.1 Å². The molecular weight excluding hydrogens is 270 g/mol. The molecule has 0 unspecified atom stereocenters. The second kappa shape index (κ2) is 5.95. The van der Waals surface area contributed by atoms with Crippen molar-refractivity contribution in [2.75, 3.05) is 11.9 Å². The molecule has 2 rings (SSSR count). The summed E-state index contributed by atoms with van der Waals surface area (Å²) in [7, 11) is 0. The number of primary amides is 1. The van der Waals surface area contributed by atoms with Crippen molar-refractivity contribution >= 4 is 23.4 Å². The van der Waals surface area contributed by atoms with Gasteiger partial charge in [0.25, 0.3) is 5.91 Å². The van der Waals surface area contributed by atoms with E-state index in [1.54, 1.807) is 29.2 Å². The first-order valence-corrected chi connectivity index (χ1v) is 6.89. The first-order chi connectivity index (χ1) is 9.90. The van der Waals surface area contributed by atoms with Crippen LogP contribution in [0.2, 0.25) is 0 Å². The lowest BCUT2D eigenvalue weighted by Crippen LogP contribution is -2.33. The fourth-order valence-corrected chi connectivity index (χ4v) is 2.45. The summed E-state index contributed by atoms with van der Waals surface area (Å²) >= 11 is 0. The largest absolute Gasteiger partial charge is 0.366 e. The van der Waals surface area contributed by atoms with Gasteiger partial charge in [-0.05, 0) is 26.0 Å². The molecule has 1 aliphatic rings. The molecule has 0 radical (unpaired) electrons. The first-order valence-electron chi connectivity index (χ1n) is 6.89. The van der Waals surface area contributed by atoms with E-state index in [1.807, 2.05) is 13.8 Å². The summed E-state index contributed by atoms with van der Waals surface area (Å²) in [5.41, 5.74) is 5.92. The summed E-state index contributed by atoms with van der Waals surface area (Å²) in [5.74, 6) is -1.29. The van der Waals surface area contributed by atoms with Crippen molar-refractivity contribution in [1.29, 1.82) is 0 Å². The molecule has 6 heteroatoms. The predicted octanol–water partition coefficient (Wildman–Crippen LogP) is 0.981. The molecule has 0 aromatic heterocycles. The lowest BCUT2D eigenvalue weighted by molar-refractivity contribution is -0.129. The van der Waals surface area contributed by atoms with Gasteiger partial charge in [-0.25, -0.2) is 0 Å². The summed E-state index contributed by atoms with van der Waals surface area (Å²) in [6.07, 6.45) is 0.197. The van der Waals surface area contributed by atoms with Crippen LogP contribution in [-0.4, -0.2) is 35.2 Å². The van der Waals surface area contributed by atoms with Gasteiger partial charge < -0.3 is 16.0 Å². The second-order valence-electron chi connectivity index (χ2n) is 5.44. The average Bonchev–Trinajstić information content (AvgIpc) is 2.81. The van der Waals surface area contributed by atoms with Gasteiger partial charge in [0.15, 0.2) is 0 Å². The zero-order valence-electron chi connectivity index (χ0n) is 12.1. The third-order valence-corrected chi connectivity index (χ3v) is 3.60. The summed E-state index contributed by atoms with van der Waals surface area (Å²) in [4.78, 5) is 37.1. The Hall–Kier alpha value is -2.37. The van der Waals surface area contributed by atoms with Gasteiger partial charge in [0.05, 0.1) is 17.2 Å². The molecule has 0 spiro atoms. The third kappa shape index (κ3) is 3.21. The van der Waals surface area contributed by atoms with Crippen LogP contribution in [0, 0.1) is 5.92 Å². The Bertz CT molecular complexity index is 583. The Balaban J connectivity index is 2.10. The number of carbonyl (C=O) groups is 3. The number of nitrogens with zero attached hydrogens (tertiary/aromatic N) is 1. The highest BCUT2D eigenvalue weighted by molar-refractivity contribution is 6.04. The molecule has 112 valence electrons.